The summed E-state index contributed by atoms with van der Waals surface area (Å²) in [6.07, 6.45) is 3.55. The van der Waals surface area contributed by atoms with E-state index in [1.54, 1.807) is 12.3 Å². The first-order chi connectivity index (χ1) is 11.3. The van der Waals surface area contributed by atoms with Gasteiger partial charge >= 0.3 is 0 Å². The van der Waals surface area contributed by atoms with Gasteiger partial charge in [-0.2, -0.15) is 0 Å². The molecular formula is C18H11NO2S2. The minimum absolute atomic E-state index is 0.0564. The van der Waals surface area contributed by atoms with Crippen LogP contribution in [-0.4, -0.2) is 10.8 Å². The number of carbonyl (C=O) groups is 1. The molecule has 1 aliphatic heterocycles. The highest BCUT2D eigenvalue weighted by Gasteiger charge is 2.25. The van der Waals surface area contributed by atoms with Crippen LogP contribution in [0.25, 0.3) is 6.08 Å². The summed E-state index contributed by atoms with van der Waals surface area (Å²) < 4.78 is 5.78. The van der Waals surface area contributed by atoms with Crippen LogP contribution in [0, 0.1) is 0 Å². The average Bonchev–Trinajstić information content (AvgIpc) is 3.14. The van der Waals surface area contributed by atoms with E-state index in [4.69, 9.17) is 4.42 Å². The van der Waals surface area contributed by atoms with Crippen LogP contribution in [0.3, 0.4) is 0 Å². The Balaban J connectivity index is 1.56. The second kappa shape index (κ2) is 6.10. The van der Waals surface area contributed by atoms with Crippen LogP contribution in [0.1, 0.15) is 16.1 Å². The van der Waals surface area contributed by atoms with Crippen molar-refractivity contribution in [2.45, 2.75) is 15.0 Å². The predicted molar refractivity (Wildman–Crippen MR) is 91.7 cm³/mol. The SMILES string of the molecule is O=C1/C(=C/c2ccc(Sc3ccccn3)o2)Sc2ccccc21. The number of benzene rings is 1. The molecule has 0 amide bonds. The first-order valence-electron chi connectivity index (χ1n) is 7.01. The van der Waals surface area contributed by atoms with Gasteiger partial charge in [0, 0.05) is 16.7 Å². The van der Waals surface area contributed by atoms with E-state index >= 15 is 0 Å². The zero-order valence-electron chi connectivity index (χ0n) is 11.9. The van der Waals surface area contributed by atoms with Crippen molar-refractivity contribution in [2.75, 3.05) is 0 Å². The van der Waals surface area contributed by atoms with Crippen molar-refractivity contribution in [3.63, 3.8) is 0 Å². The molecule has 0 spiro atoms. The Morgan fingerprint density at radius 3 is 2.74 bits per heavy atom. The molecule has 112 valence electrons. The Morgan fingerprint density at radius 1 is 1.04 bits per heavy atom. The van der Waals surface area contributed by atoms with Crippen molar-refractivity contribution in [1.29, 1.82) is 0 Å². The van der Waals surface area contributed by atoms with Crippen LogP contribution in [0.5, 0.6) is 0 Å². The molecule has 1 aliphatic rings. The van der Waals surface area contributed by atoms with E-state index in [0.717, 1.165) is 20.6 Å². The number of rotatable bonds is 3. The van der Waals surface area contributed by atoms with Crippen molar-refractivity contribution in [3.05, 3.63) is 77.0 Å². The van der Waals surface area contributed by atoms with Crippen molar-refractivity contribution in [1.82, 2.24) is 4.98 Å². The minimum Gasteiger partial charge on any atom is -0.450 e. The van der Waals surface area contributed by atoms with Crippen LogP contribution < -0.4 is 0 Å². The van der Waals surface area contributed by atoms with Gasteiger partial charge in [-0.3, -0.25) is 4.79 Å². The Morgan fingerprint density at radius 2 is 1.91 bits per heavy atom. The molecule has 3 heterocycles. The molecule has 0 unspecified atom stereocenters. The fourth-order valence-electron chi connectivity index (χ4n) is 2.24. The highest BCUT2D eigenvalue weighted by atomic mass is 32.2. The summed E-state index contributed by atoms with van der Waals surface area (Å²) in [4.78, 5) is 18.3. The molecule has 0 aliphatic carbocycles. The van der Waals surface area contributed by atoms with Crippen molar-refractivity contribution >= 4 is 35.4 Å². The van der Waals surface area contributed by atoms with Crippen LogP contribution in [0.2, 0.25) is 0 Å². The molecular weight excluding hydrogens is 326 g/mol. The van der Waals surface area contributed by atoms with Gasteiger partial charge in [0.25, 0.3) is 0 Å². The second-order valence-corrected chi connectivity index (χ2v) is 6.97. The first kappa shape index (κ1) is 14.4. The maximum absolute atomic E-state index is 12.4. The third-order valence-electron chi connectivity index (χ3n) is 3.29. The van der Waals surface area contributed by atoms with E-state index in [2.05, 4.69) is 4.98 Å². The first-order valence-corrected chi connectivity index (χ1v) is 8.65. The van der Waals surface area contributed by atoms with Gasteiger partial charge in [0.15, 0.2) is 5.09 Å². The molecule has 0 saturated heterocycles. The lowest BCUT2D eigenvalue weighted by atomic mass is 10.1. The molecule has 23 heavy (non-hydrogen) atoms. The maximum Gasteiger partial charge on any atom is 0.200 e. The topological polar surface area (TPSA) is 43.1 Å². The number of carbonyl (C=O) groups excluding carboxylic acids is 1. The fraction of sp³-hybridized carbons (Fsp3) is 0. The number of allylic oxidation sites excluding steroid dienone is 1. The lowest BCUT2D eigenvalue weighted by molar-refractivity contribution is 0.104. The van der Waals surface area contributed by atoms with Gasteiger partial charge in [0.1, 0.15) is 10.8 Å². The highest BCUT2D eigenvalue weighted by Crippen LogP contribution is 2.41. The number of ketones is 1. The van der Waals surface area contributed by atoms with Crippen LogP contribution >= 0.6 is 23.5 Å². The van der Waals surface area contributed by atoms with Crippen molar-refractivity contribution < 1.29 is 9.21 Å². The predicted octanol–water partition coefficient (Wildman–Crippen LogP) is 5.16. The molecule has 0 saturated carbocycles. The summed E-state index contributed by atoms with van der Waals surface area (Å²) in [5, 5.41) is 1.63. The lowest BCUT2D eigenvalue weighted by Gasteiger charge is -1.95. The van der Waals surface area contributed by atoms with E-state index < -0.39 is 0 Å². The number of aromatic nitrogens is 1. The molecule has 4 rings (SSSR count). The number of nitrogens with zero attached hydrogens (tertiary/aromatic N) is 1. The minimum atomic E-state index is 0.0564. The van der Waals surface area contributed by atoms with Crippen molar-refractivity contribution in [3.8, 4) is 0 Å². The Labute approximate surface area is 141 Å². The maximum atomic E-state index is 12.4. The van der Waals surface area contributed by atoms with Gasteiger partial charge in [-0.25, -0.2) is 4.98 Å². The Bertz CT molecular complexity index is 900. The summed E-state index contributed by atoms with van der Waals surface area (Å²) in [7, 11) is 0. The van der Waals surface area contributed by atoms with E-state index in [1.165, 1.54) is 23.5 Å². The Kier molecular flexibility index (Phi) is 3.81. The smallest absolute Gasteiger partial charge is 0.200 e. The molecule has 3 nitrogen and oxygen atoms in total. The van der Waals surface area contributed by atoms with Gasteiger partial charge in [-0.15, -0.1) is 0 Å². The molecule has 3 aromatic rings. The van der Waals surface area contributed by atoms with Gasteiger partial charge in [0.2, 0.25) is 5.78 Å². The molecule has 0 bridgehead atoms. The van der Waals surface area contributed by atoms with E-state index in [9.17, 15) is 4.79 Å². The van der Waals surface area contributed by atoms with E-state index in [-0.39, 0.29) is 5.78 Å². The summed E-state index contributed by atoms with van der Waals surface area (Å²) >= 11 is 2.94. The number of fused-ring (bicyclic) bond motifs is 1. The van der Waals surface area contributed by atoms with E-state index in [0.29, 0.717) is 10.7 Å². The normalized spacial score (nSPS) is 15.1. The second-order valence-electron chi connectivity index (χ2n) is 4.86. The Hall–Kier alpha value is -2.24. The summed E-state index contributed by atoms with van der Waals surface area (Å²) in [6, 6.07) is 17.1. The van der Waals surface area contributed by atoms with Crippen LogP contribution in [0.15, 0.2) is 85.1 Å². The number of thioether (sulfide) groups is 1. The number of hydrogen-bond acceptors (Lipinski definition) is 5. The van der Waals surface area contributed by atoms with Crippen molar-refractivity contribution in [2.24, 2.45) is 0 Å². The zero-order valence-corrected chi connectivity index (χ0v) is 13.6. The molecule has 0 N–H and O–H groups in total. The molecule has 0 radical (unpaired) electrons. The number of hydrogen-bond donors (Lipinski definition) is 0. The summed E-state index contributed by atoms with van der Waals surface area (Å²) in [5.41, 5.74) is 0.762. The highest BCUT2D eigenvalue weighted by molar-refractivity contribution is 8.04. The number of Topliss-reactive ketones (excluding diaryl/α,β-unsaturated/α-hetero) is 1. The van der Waals surface area contributed by atoms with Crippen LogP contribution in [0.4, 0.5) is 0 Å². The number of furan rings is 1. The summed E-state index contributed by atoms with van der Waals surface area (Å²) in [5.74, 6) is 0.730. The fourth-order valence-corrected chi connectivity index (χ4v) is 4.01. The van der Waals surface area contributed by atoms with E-state index in [1.807, 2.05) is 54.6 Å². The lowest BCUT2D eigenvalue weighted by Crippen LogP contribution is -1.93. The standard InChI is InChI=1S/C18H11NO2S2/c20-18-13-5-1-2-6-14(13)22-15(18)11-12-8-9-17(21-12)23-16-7-3-4-10-19-16/h1-11H/b15-11-. The molecule has 2 aromatic heterocycles. The van der Waals surface area contributed by atoms with Crippen LogP contribution in [-0.2, 0) is 0 Å². The summed E-state index contributed by atoms with van der Waals surface area (Å²) in [6.45, 7) is 0. The largest absolute Gasteiger partial charge is 0.450 e. The molecule has 5 heteroatoms. The zero-order chi connectivity index (χ0) is 15.6. The third-order valence-corrected chi connectivity index (χ3v) is 5.26. The van der Waals surface area contributed by atoms with Gasteiger partial charge in [0.05, 0.1) is 4.91 Å². The molecule has 0 atom stereocenters. The third kappa shape index (κ3) is 2.98. The number of pyridine rings is 1. The quantitative estimate of drug-likeness (QED) is 0.618. The molecule has 0 fully saturated rings. The average molecular weight is 337 g/mol. The molecule has 1 aromatic carbocycles. The monoisotopic (exact) mass is 337 g/mol. The van der Waals surface area contributed by atoms with Gasteiger partial charge < -0.3 is 4.42 Å². The van der Waals surface area contributed by atoms with Gasteiger partial charge in [-0.05, 0) is 54.2 Å². The van der Waals surface area contributed by atoms with Gasteiger partial charge in [-0.1, -0.05) is 30.0 Å².